The van der Waals surface area contributed by atoms with Crippen LogP contribution < -0.4 is 5.73 Å². The fourth-order valence-electron chi connectivity index (χ4n) is 1.77. The molecule has 0 radical (unpaired) electrons. The molecule has 0 spiro atoms. The van der Waals surface area contributed by atoms with Crippen LogP contribution in [0, 0.1) is 6.92 Å². The van der Waals surface area contributed by atoms with Crippen LogP contribution in [0.5, 0.6) is 0 Å². The molecule has 1 atom stereocenters. The Hall–Kier alpha value is -1.68. The average molecular weight is 216 g/mol. The predicted octanol–water partition coefficient (Wildman–Crippen LogP) is 1.37. The molecule has 2 N–H and O–H groups in total. The zero-order valence-electron chi connectivity index (χ0n) is 9.59. The highest BCUT2D eigenvalue weighted by atomic mass is 15.0. The minimum absolute atomic E-state index is 0.0951. The Morgan fingerprint density at radius 1 is 1.38 bits per heavy atom. The van der Waals surface area contributed by atoms with Crippen molar-refractivity contribution >= 4 is 0 Å². The zero-order chi connectivity index (χ0) is 11.5. The van der Waals surface area contributed by atoms with Crippen molar-refractivity contribution in [2.45, 2.75) is 19.4 Å². The lowest BCUT2D eigenvalue weighted by Gasteiger charge is -2.13. The molecule has 0 amide bonds. The summed E-state index contributed by atoms with van der Waals surface area (Å²) < 4.78 is 1.98. The Bertz CT molecular complexity index is 475. The summed E-state index contributed by atoms with van der Waals surface area (Å²) in [4.78, 5) is 8.59. The summed E-state index contributed by atoms with van der Waals surface area (Å²) in [6, 6.07) is 3.86. The van der Waals surface area contributed by atoms with Crippen molar-refractivity contribution in [3.8, 4) is 0 Å². The minimum atomic E-state index is -0.0951. The van der Waals surface area contributed by atoms with E-state index in [2.05, 4.69) is 9.97 Å². The summed E-state index contributed by atoms with van der Waals surface area (Å²) in [5.74, 6) is 0.984. The molecule has 0 fully saturated rings. The minimum Gasteiger partial charge on any atom is -0.338 e. The van der Waals surface area contributed by atoms with Crippen LogP contribution >= 0.6 is 0 Å². The third-order valence-electron chi connectivity index (χ3n) is 2.72. The summed E-state index contributed by atoms with van der Waals surface area (Å²) in [5.41, 5.74) is 8.22. The van der Waals surface area contributed by atoms with Crippen LogP contribution in [-0.2, 0) is 13.5 Å². The van der Waals surface area contributed by atoms with E-state index in [0.717, 1.165) is 17.1 Å². The van der Waals surface area contributed by atoms with Crippen molar-refractivity contribution in [2.75, 3.05) is 0 Å². The lowest BCUT2D eigenvalue weighted by atomic mass is 10.1. The topological polar surface area (TPSA) is 56.7 Å². The molecule has 0 saturated heterocycles. The van der Waals surface area contributed by atoms with Crippen LogP contribution in [-0.4, -0.2) is 14.5 Å². The van der Waals surface area contributed by atoms with Gasteiger partial charge in [0.15, 0.2) is 0 Å². The van der Waals surface area contributed by atoms with Crippen LogP contribution in [0.3, 0.4) is 0 Å². The smallest absolute Gasteiger partial charge is 0.110 e. The van der Waals surface area contributed by atoms with Gasteiger partial charge in [-0.1, -0.05) is 6.07 Å². The molecule has 0 aliphatic carbocycles. The van der Waals surface area contributed by atoms with Gasteiger partial charge in [0.05, 0.1) is 11.7 Å². The first-order chi connectivity index (χ1) is 7.68. The lowest BCUT2D eigenvalue weighted by molar-refractivity contribution is 0.640. The highest BCUT2D eigenvalue weighted by Crippen LogP contribution is 2.15. The maximum atomic E-state index is 6.14. The first-order valence-corrected chi connectivity index (χ1v) is 5.32. The normalized spacial score (nSPS) is 12.7. The van der Waals surface area contributed by atoms with E-state index in [-0.39, 0.29) is 6.04 Å². The number of pyridine rings is 1. The molecule has 16 heavy (non-hydrogen) atoms. The van der Waals surface area contributed by atoms with Gasteiger partial charge in [-0.05, 0) is 18.6 Å². The molecule has 2 heterocycles. The summed E-state index contributed by atoms with van der Waals surface area (Å²) in [6.45, 7) is 2.03. The molecule has 0 saturated carbocycles. The van der Waals surface area contributed by atoms with Gasteiger partial charge in [-0.2, -0.15) is 0 Å². The van der Waals surface area contributed by atoms with Crippen LogP contribution in [0.4, 0.5) is 0 Å². The van der Waals surface area contributed by atoms with E-state index in [1.54, 1.807) is 12.4 Å². The number of rotatable bonds is 3. The van der Waals surface area contributed by atoms with E-state index in [4.69, 9.17) is 5.73 Å². The molecule has 0 aliphatic rings. The molecular formula is C12H16N4. The Balaban J connectivity index is 2.18. The average Bonchev–Trinajstić information content (AvgIpc) is 2.65. The number of aromatic nitrogens is 3. The summed E-state index contributed by atoms with van der Waals surface area (Å²) in [7, 11) is 1.97. The fourth-order valence-corrected chi connectivity index (χ4v) is 1.77. The molecular weight excluding hydrogens is 200 g/mol. The van der Waals surface area contributed by atoms with Crippen molar-refractivity contribution in [1.29, 1.82) is 0 Å². The van der Waals surface area contributed by atoms with Gasteiger partial charge >= 0.3 is 0 Å². The number of nitrogens with two attached hydrogens (primary N) is 1. The highest BCUT2D eigenvalue weighted by Gasteiger charge is 2.12. The zero-order valence-corrected chi connectivity index (χ0v) is 9.59. The number of imidazole rings is 1. The summed E-state index contributed by atoms with van der Waals surface area (Å²) >= 11 is 0. The van der Waals surface area contributed by atoms with Crippen LogP contribution in [0.2, 0.25) is 0 Å². The van der Waals surface area contributed by atoms with Gasteiger partial charge in [-0.15, -0.1) is 0 Å². The first kappa shape index (κ1) is 10.8. The Morgan fingerprint density at radius 2 is 2.19 bits per heavy atom. The van der Waals surface area contributed by atoms with Gasteiger partial charge < -0.3 is 10.3 Å². The second-order valence-corrected chi connectivity index (χ2v) is 3.97. The molecule has 2 rings (SSSR count). The number of hydrogen-bond donors (Lipinski definition) is 1. The van der Waals surface area contributed by atoms with Gasteiger partial charge in [0.2, 0.25) is 0 Å². The standard InChI is InChI=1S/C12H16N4/c1-9-4-3-5-15-12(9)10(13)8-11-14-6-7-16(11)2/h3-7,10H,8,13H2,1-2H3. The van der Waals surface area contributed by atoms with Gasteiger partial charge in [0, 0.05) is 32.1 Å². The molecule has 0 aromatic carbocycles. The van der Waals surface area contributed by atoms with E-state index >= 15 is 0 Å². The maximum Gasteiger partial charge on any atom is 0.110 e. The molecule has 0 aliphatic heterocycles. The summed E-state index contributed by atoms with van der Waals surface area (Å²) in [5, 5.41) is 0. The SMILES string of the molecule is Cc1cccnc1C(N)Cc1nccn1C. The van der Waals surface area contributed by atoms with Crippen molar-refractivity contribution in [3.63, 3.8) is 0 Å². The van der Waals surface area contributed by atoms with Gasteiger partial charge in [-0.3, -0.25) is 4.98 Å². The number of hydrogen-bond acceptors (Lipinski definition) is 3. The Morgan fingerprint density at radius 3 is 2.81 bits per heavy atom. The van der Waals surface area contributed by atoms with Crippen molar-refractivity contribution in [2.24, 2.45) is 12.8 Å². The number of aryl methyl sites for hydroxylation is 2. The van der Waals surface area contributed by atoms with Gasteiger partial charge in [-0.25, -0.2) is 4.98 Å². The first-order valence-electron chi connectivity index (χ1n) is 5.32. The second-order valence-electron chi connectivity index (χ2n) is 3.97. The third-order valence-corrected chi connectivity index (χ3v) is 2.72. The molecule has 0 bridgehead atoms. The van der Waals surface area contributed by atoms with E-state index < -0.39 is 0 Å². The van der Waals surface area contributed by atoms with E-state index in [1.807, 2.05) is 36.9 Å². The van der Waals surface area contributed by atoms with Crippen molar-refractivity contribution in [3.05, 3.63) is 47.8 Å². The summed E-state index contributed by atoms with van der Waals surface area (Å²) in [6.07, 6.45) is 6.20. The lowest BCUT2D eigenvalue weighted by Crippen LogP contribution is -2.18. The molecule has 4 heteroatoms. The highest BCUT2D eigenvalue weighted by molar-refractivity contribution is 5.21. The largest absolute Gasteiger partial charge is 0.338 e. The molecule has 84 valence electrons. The fraction of sp³-hybridized carbons (Fsp3) is 0.333. The van der Waals surface area contributed by atoms with Crippen molar-refractivity contribution < 1.29 is 0 Å². The van der Waals surface area contributed by atoms with Crippen LogP contribution in [0.15, 0.2) is 30.7 Å². The van der Waals surface area contributed by atoms with Crippen molar-refractivity contribution in [1.82, 2.24) is 14.5 Å². The maximum absolute atomic E-state index is 6.14. The van der Waals surface area contributed by atoms with Gasteiger partial charge in [0.25, 0.3) is 0 Å². The Kier molecular flexibility index (Phi) is 3.01. The second kappa shape index (κ2) is 4.45. The quantitative estimate of drug-likeness (QED) is 0.843. The van der Waals surface area contributed by atoms with Crippen LogP contribution in [0.1, 0.15) is 23.1 Å². The van der Waals surface area contributed by atoms with E-state index in [0.29, 0.717) is 6.42 Å². The predicted molar refractivity (Wildman–Crippen MR) is 62.8 cm³/mol. The van der Waals surface area contributed by atoms with E-state index in [9.17, 15) is 0 Å². The Labute approximate surface area is 95.1 Å². The molecule has 2 aromatic rings. The van der Waals surface area contributed by atoms with Gasteiger partial charge in [0.1, 0.15) is 5.82 Å². The third kappa shape index (κ3) is 2.12. The molecule has 4 nitrogen and oxygen atoms in total. The molecule has 2 aromatic heterocycles. The van der Waals surface area contributed by atoms with E-state index in [1.165, 1.54) is 0 Å². The van der Waals surface area contributed by atoms with Crippen LogP contribution in [0.25, 0.3) is 0 Å². The number of nitrogens with zero attached hydrogens (tertiary/aromatic N) is 3. The molecule has 1 unspecified atom stereocenters. The monoisotopic (exact) mass is 216 g/mol.